The van der Waals surface area contributed by atoms with Crippen molar-refractivity contribution < 1.29 is 29.3 Å². The Balaban J connectivity index is 2.05. The molecule has 2 heterocycles. The molecule has 1 saturated carbocycles. The number of carbonyl (C=O) groups is 3. The van der Waals surface area contributed by atoms with Crippen LogP contribution < -0.4 is 11.2 Å². The zero-order valence-electron chi connectivity index (χ0n) is 16.7. The van der Waals surface area contributed by atoms with Crippen molar-refractivity contribution in [2.75, 3.05) is 0 Å². The first-order valence-corrected chi connectivity index (χ1v) is 10.1. The Kier molecular flexibility index (Phi) is 6.55. The molecule has 3 N–H and O–H groups in total. The first kappa shape index (κ1) is 21.9. The Morgan fingerprint density at radius 2 is 1.67 bits per heavy atom. The van der Waals surface area contributed by atoms with Crippen molar-refractivity contribution in [3.8, 4) is 0 Å². The van der Waals surface area contributed by atoms with E-state index in [2.05, 4.69) is 4.98 Å². The van der Waals surface area contributed by atoms with Gasteiger partial charge < -0.3 is 14.9 Å². The number of aromatic amines is 1. The third-order valence-electron chi connectivity index (χ3n) is 6.07. The minimum absolute atomic E-state index is 0.0599. The van der Waals surface area contributed by atoms with E-state index < -0.39 is 53.7 Å². The van der Waals surface area contributed by atoms with E-state index in [0.29, 0.717) is 0 Å². The molecule has 1 aromatic rings. The second-order valence-corrected chi connectivity index (χ2v) is 8.21. The molecule has 30 heavy (non-hydrogen) atoms. The van der Waals surface area contributed by atoms with Gasteiger partial charge in [0.05, 0.1) is 30.6 Å². The largest absolute Gasteiger partial charge is 0.481 e. The fourth-order valence-corrected chi connectivity index (χ4v) is 4.78. The number of nitrogens with one attached hydrogen (secondary N) is 1. The van der Waals surface area contributed by atoms with Gasteiger partial charge in [0, 0.05) is 30.5 Å². The summed E-state index contributed by atoms with van der Waals surface area (Å²) >= 11 is 0. The van der Waals surface area contributed by atoms with E-state index in [1.807, 2.05) is 0 Å². The molecule has 10 nitrogen and oxygen atoms in total. The fourth-order valence-electron chi connectivity index (χ4n) is 4.78. The average Bonchev–Trinajstić information content (AvgIpc) is 3.25. The predicted molar refractivity (Wildman–Crippen MR) is 103 cm³/mol. The van der Waals surface area contributed by atoms with E-state index in [0.717, 1.165) is 25.7 Å². The number of hydrogen-bond donors (Lipinski definition) is 3. The number of aromatic nitrogens is 2. The number of ether oxygens (including phenoxy) is 1. The first-order chi connectivity index (χ1) is 14.2. The summed E-state index contributed by atoms with van der Waals surface area (Å²) in [6, 6.07) is -0.0599. The maximum atomic E-state index is 12.6. The molecule has 0 unspecified atom stereocenters. The molecule has 0 aromatic carbocycles. The fraction of sp³-hybridized carbons (Fsp3) is 0.650. The minimum Gasteiger partial charge on any atom is -0.481 e. The van der Waals surface area contributed by atoms with Crippen LogP contribution in [0.4, 0.5) is 0 Å². The highest BCUT2D eigenvalue weighted by Crippen LogP contribution is 2.46. The van der Waals surface area contributed by atoms with Crippen LogP contribution in [0.5, 0.6) is 0 Å². The molecule has 0 amide bonds. The molecule has 1 aromatic heterocycles. The van der Waals surface area contributed by atoms with Gasteiger partial charge in [0.25, 0.3) is 5.56 Å². The number of H-pyrrole nitrogens is 1. The second kappa shape index (κ2) is 8.95. The SMILES string of the molecule is CC(=O)C[C@H]1O[C@H](c2cn(C3CCCC3)c(=O)[nH]c2=O)[C@@H](CC(=O)O)[C@H]1CC(=O)O. The van der Waals surface area contributed by atoms with Crippen LogP contribution in [0.2, 0.25) is 0 Å². The maximum Gasteiger partial charge on any atom is 0.328 e. The van der Waals surface area contributed by atoms with Crippen LogP contribution in [0, 0.1) is 11.8 Å². The molecule has 2 aliphatic rings. The van der Waals surface area contributed by atoms with E-state index in [1.54, 1.807) is 0 Å². The molecule has 0 bridgehead atoms. The van der Waals surface area contributed by atoms with E-state index in [1.165, 1.54) is 17.7 Å². The van der Waals surface area contributed by atoms with Crippen molar-refractivity contribution >= 4 is 17.7 Å². The molecule has 4 atom stereocenters. The lowest BCUT2D eigenvalue weighted by Gasteiger charge is -2.22. The number of carboxylic acids is 2. The molecule has 2 fully saturated rings. The number of carboxylic acid groups (broad SMARTS) is 2. The van der Waals surface area contributed by atoms with Crippen LogP contribution in [-0.4, -0.2) is 43.6 Å². The van der Waals surface area contributed by atoms with Crippen molar-refractivity contribution in [3.05, 3.63) is 32.6 Å². The van der Waals surface area contributed by atoms with E-state index in [4.69, 9.17) is 4.74 Å². The monoisotopic (exact) mass is 422 g/mol. The Hall–Kier alpha value is -2.75. The van der Waals surface area contributed by atoms with E-state index in [9.17, 15) is 34.2 Å². The topological polar surface area (TPSA) is 156 Å². The molecule has 1 aliphatic heterocycles. The normalized spacial score (nSPS) is 26.7. The number of Topliss-reactive ketones (excluding diaryl/α,β-unsaturated/α-hetero) is 1. The third kappa shape index (κ3) is 4.69. The Morgan fingerprint density at radius 3 is 2.23 bits per heavy atom. The highest BCUT2D eigenvalue weighted by atomic mass is 16.5. The number of nitrogens with zero attached hydrogens (tertiary/aromatic N) is 1. The van der Waals surface area contributed by atoms with Gasteiger partial charge in [-0.15, -0.1) is 0 Å². The maximum absolute atomic E-state index is 12.6. The third-order valence-corrected chi connectivity index (χ3v) is 6.07. The quantitative estimate of drug-likeness (QED) is 0.565. The minimum atomic E-state index is -1.16. The molecule has 3 rings (SSSR count). The van der Waals surface area contributed by atoms with Crippen molar-refractivity contribution in [2.24, 2.45) is 11.8 Å². The summed E-state index contributed by atoms with van der Waals surface area (Å²) < 4.78 is 7.39. The molecule has 0 radical (unpaired) electrons. The molecule has 10 heteroatoms. The van der Waals surface area contributed by atoms with Gasteiger partial charge in [-0.1, -0.05) is 12.8 Å². The summed E-state index contributed by atoms with van der Waals surface area (Å²) in [5.74, 6) is -4.10. The van der Waals surface area contributed by atoms with Crippen molar-refractivity contribution in [2.45, 2.75) is 70.1 Å². The number of ketones is 1. The number of carbonyl (C=O) groups excluding carboxylic acids is 1. The van der Waals surface area contributed by atoms with Crippen LogP contribution >= 0.6 is 0 Å². The first-order valence-electron chi connectivity index (χ1n) is 10.1. The standard InChI is InChI=1S/C20H26N2O8/c1-10(23)6-15-12(7-16(24)25)13(8-17(26)27)18(30-15)14-9-22(11-4-2-3-5-11)20(29)21-19(14)28/h9,11-13,15,18H,2-8H2,1H3,(H,24,25)(H,26,27)(H,21,28,29)/t12-,13+,15-,18+/m1/s1. The summed E-state index contributed by atoms with van der Waals surface area (Å²) in [7, 11) is 0. The lowest BCUT2D eigenvalue weighted by atomic mass is 9.80. The van der Waals surface area contributed by atoms with Crippen molar-refractivity contribution in [3.63, 3.8) is 0 Å². The smallest absolute Gasteiger partial charge is 0.328 e. The summed E-state index contributed by atoms with van der Waals surface area (Å²) in [5.41, 5.74) is -1.13. The van der Waals surface area contributed by atoms with Crippen LogP contribution in [0.1, 0.15) is 69.6 Å². The summed E-state index contributed by atoms with van der Waals surface area (Å²) in [6.45, 7) is 1.34. The van der Waals surface area contributed by atoms with Crippen LogP contribution in [0.3, 0.4) is 0 Å². The number of aliphatic carboxylic acids is 2. The Bertz CT molecular complexity index is 943. The highest BCUT2D eigenvalue weighted by molar-refractivity contribution is 5.76. The van der Waals surface area contributed by atoms with Crippen LogP contribution in [0.15, 0.2) is 15.8 Å². The van der Waals surface area contributed by atoms with Crippen molar-refractivity contribution in [1.82, 2.24) is 9.55 Å². The summed E-state index contributed by atoms with van der Waals surface area (Å²) in [4.78, 5) is 61.8. The van der Waals surface area contributed by atoms with Crippen LogP contribution in [-0.2, 0) is 19.1 Å². The molecule has 1 aliphatic carbocycles. The van der Waals surface area contributed by atoms with Gasteiger partial charge in [-0.2, -0.15) is 0 Å². The lowest BCUT2D eigenvalue weighted by Crippen LogP contribution is -2.35. The van der Waals surface area contributed by atoms with Gasteiger partial charge in [-0.25, -0.2) is 4.79 Å². The zero-order valence-corrected chi connectivity index (χ0v) is 16.7. The Labute approximate surface area is 171 Å². The van der Waals surface area contributed by atoms with Crippen molar-refractivity contribution in [1.29, 1.82) is 0 Å². The molecule has 164 valence electrons. The Morgan fingerprint density at radius 1 is 1.07 bits per heavy atom. The lowest BCUT2D eigenvalue weighted by molar-refractivity contribution is -0.141. The predicted octanol–water partition coefficient (Wildman–Crippen LogP) is 1.25. The van der Waals surface area contributed by atoms with Gasteiger partial charge in [0.1, 0.15) is 5.78 Å². The molecule has 0 spiro atoms. The molecule has 1 saturated heterocycles. The second-order valence-electron chi connectivity index (χ2n) is 8.21. The number of rotatable bonds is 8. The molecular weight excluding hydrogens is 396 g/mol. The van der Waals surface area contributed by atoms with Gasteiger partial charge in [0.15, 0.2) is 0 Å². The number of hydrogen-bond acceptors (Lipinski definition) is 6. The summed E-state index contributed by atoms with van der Waals surface area (Å²) in [6.07, 6.45) is 2.23. The van der Waals surface area contributed by atoms with Crippen LogP contribution in [0.25, 0.3) is 0 Å². The highest BCUT2D eigenvalue weighted by Gasteiger charge is 2.48. The van der Waals surface area contributed by atoms with Gasteiger partial charge >= 0.3 is 17.6 Å². The van der Waals surface area contributed by atoms with Gasteiger partial charge in [0.2, 0.25) is 0 Å². The van der Waals surface area contributed by atoms with E-state index in [-0.39, 0.29) is 30.2 Å². The van der Waals surface area contributed by atoms with Gasteiger partial charge in [-0.05, 0) is 19.8 Å². The average molecular weight is 422 g/mol. The summed E-state index contributed by atoms with van der Waals surface area (Å²) in [5, 5.41) is 18.7. The zero-order chi connectivity index (χ0) is 22.0. The van der Waals surface area contributed by atoms with Gasteiger partial charge in [-0.3, -0.25) is 28.7 Å². The molecular formula is C20H26N2O8. The van der Waals surface area contributed by atoms with E-state index >= 15 is 0 Å².